The van der Waals surface area contributed by atoms with Crippen molar-refractivity contribution in [3.05, 3.63) is 70.8 Å². The number of pyridine rings is 1. The van der Waals surface area contributed by atoms with Crippen LogP contribution in [0.4, 0.5) is 5.95 Å². The highest BCUT2D eigenvalue weighted by atomic mass is 16.1. The highest BCUT2D eigenvalue weighted by Crippen LogP contribution is 2.22. The Balaban J connectivity index is 1.69. The Bertz CT molecular complexity index is 1000. The fourth-order valence-electron chi connectivity index (χ4n) is 3.60. The van der Waals surface area contributed by atoms with E-state index < -0.39 is 0 Å². The van der Waals surface area contributed by atoms with Crippen molar-refractivity contribution in [3.8, 4) is 11.3 Å². The molecule has 1 unspecified atom stereocenters. The second-order valence-corrected chi connectivity index (χ2v) is 6.88. The Labute approximate surface area is 159 Å². The van der Waals surface area contributed by atoms with E-state index in [0.717, 1.165) is 25.2 Å². The summed E-state index contributed by atoms with van der Waals surface area (Å²) in [4.78, 5) is 23.6. The van der Waals surface area contributed by atoms with E-state index >= 15 is 0 Å². The minimum absolute atomic E-state index is 0.0576. The van der Waals surface area contributed by atoms with E-state index in [4.69, 9.17) is 4.98 Å². The Hall–Kier alpha value is -2.93. The van der Waals surface area contributed by atoms with Gasteiger partial charge in [-0.15, -0.1) is 0 Å². The molecule has 2 aromatic heterocycles. The van der Waals surface area contributed by atoms with Crippen molar-refractivity contribution in [1.29, 1.82) is 0 Å². The fraction of sp³-hybridized carbons (Fsp3) is 0.250. The molecule has 0 radical (unpaired) electrons. The molecule has 1 aliphatic heterocycles. The van der Waals surface area contributed by atoms with E-state index in [9.17, 15) is 4.79 Å². The number of aromatic nitrogens is 3. The van der Waals surface area contributed by atoms with Crippen molar-refractivity contribution in [2.24, 2.45) is 7.05 Å². The van der Waals surface area contributed by atoms with Crippen LogP contribution in [0.5, 0.6) is 0 Å². The van der Waals surface area contributed by atoms with Gasteiger partial charge in [0, 0.05) is 56.7 Å². The molecule has 0 saturated carbocycles. The van der Waals surface area contributed by atoms with Crippen molar-refractivity contribution in [2.75, 3.05) is 24.5 Å². The number of benzene rings is 1. The summed E-state index contributed by atoms with van der Waals surface area (Å²) in [5.74, 6) is 0.703. The van der Waals surface area contributed by atoms with Gasteiger partial charge in [-0.25, -0.2) is 4.98 Å². The Kier molecular flexibility index (Phi) is 4.77. The lowest BCUT2D eigenvalue weighted by Gasteiger charge is -2.36. The van der Waals surface area contributed by atoms with E-state index in [1.807, 2.05) is 12.1 Å². The van der Waals surface area contributed by atoms with Gasteiger partial charge in [-0.1, -0.05) is 29.7 Å². The summed E-state index contributed by atoms with van der Waals surface area (Å²) in [6, 6.07) is 14.0. The maximum atomic E-state index is 12.5. The van der Waals surface area contributed by atoms with E-state index in [2.05, 4.69) is 47.3 Å². The summed E-state index contributed by atoms with van der Waals surface area (Å²) in [5.41, 5.74) is 4.08. The molecule has 7 heteroatoms. The lowest BCUT2D eigenvalue weighted by atomic mass is 9.86. The van der Waals surface area contributed by atoms with Gasteiger partial charge in [0.1, 0.15) is 7.85 Å². The van der Waals surface area contributed by atoms with Crippen LogP contribution in [-0.2, 0) is 7.05 Å². The average Bonchev–Trinajstić information content (AvgIpc) is 2.71. The molecule has 0 aliphatic carbocycles. The maximum absolute atomic E-state index is 12.5. The molecule has 0 amide bonds. The standard InChI is InChI=1S/C20H22BN5O/c1-25-19(27)12-17(14-6-8-22-9-7-14)24-20(25)26-11-10-23-18(13-26)15-4-2-3-5-16(15)21/h2-9,12,18,23H,10-11,13,21H2,1H3. The second-order valence-electron chi connectivity index (χ2n) is 6.88. The van der Waals surface area contributed by atoms with Gasteiger partial charge in [-0.3, -0.25) is 14.3 Å². The van der Waals surface area contributed by atoms with E-state index in [-0.39, 0.29) is 11.6 Å². The summed E-state index contributed by atoms with van der Waals surface area (Å²) in [5, 5.41) is 3.59. The number of nitrogens with zero attached hydrogens (tertiary/aromatic N) is 4. The summed E-state index contributed by atoms with van der Waals surface area (Å²) in [6.45, 7) is 2.42. The van der Waals surface area contributed by atoms with Gasteiger partial charge in [0.25, 0.3) is 5.56 Å². The summed E-state index contributed by atoms with van der Waals surface area (Å²) in [6.07, 6.45) is 3.43. The number of hydrogen-bond acceptors (Lipinski definition) is 5. The van der Waals surface area contributed by atoms with Crippen LogP contribution >= 0.6 is 0 Å². The number of piperazine rings is 1. The first-order valence-electron chi connectivity index (χ1n) is 9.16. The third kappa shape index (κ3) is 3.50. The molecule has 0 bridgehead atoms. The molecule has 0 spiro atoms. The number of hydrogen-bond donors (Lipinski definition) is 1. The molecular formula is C20H22BN5O. The van der Waals surface area contributed by atoms with E-state index in [1.165, 1.54) is 11.0 Å². The SMILES string of the molecule is Bc1ccccc1C1CN(c2nc(-c3ccncc3)cc(=O)n2C)CCN1. The van der Waals surface area contributed by atoms with Gasteiger partial charge in [-0.2, -0.15) is 0 Å². The minimum Gasteiger partial charge on any atom is -0.339 e. The topological polar surface area (TPSA) is 63.1 Å². The second kappa shape index (κ2) is 7.36. The third-order valence-electron chi connectivity index (χ3n) is 5.11. The van der Waals surface area contributed by atoms with Gasteiger partial charge in [0.05, 0.1) is 5.69 Å². The van der Waals surface area contributed by atoms with Gasteiger partial charge >= 0.3 is 0 Å². The third-order valence-corrected chi connectivity index (χ3v) is 5.11. The van der Waals surface area contributed by atoms with E-state index in [1.54, 1.807) is 30.1 Å². The molecule has 27 heavy (non-hydrogen) atoms. The highest BCUT2D eigenvalue weighted by Gasteiger charge is 2.24. The lowest BCUT2D eigenvalue weighted by molar-refractivity contribution is 0.463. The van der Waals surface area contributed by atoms with Crippen LogP contribution in [0.3, 0.4) is 0 Å². The zero-order valence-electron chi connectivity index (χ0n) is 15.6. The molecule has 4 rings (SSSR count). The first kappa shape index (κ1) is 17.5. The predicted molar refractivity (Wildman–Crippen MR) is 110 cm³/mol. The Morgan fingerprint density at radius 2 is 1.96 bits per heavy atom. The lowest BCUT2D eigenvalue weighted by Crippen LogP contribution is -2.48. The van der Waals surface area contributed by atoms with Crippen molar-refractivity contribution >= 4 is 19.3 Å². The first-order valence-corrected chi connectivity index (χ1v) is 9.16. The summed E-state index contributed by atoms with van der Waals surface area (Å²) in [7, 11) is 3.92. The first-order chi connectivity index (χ1) is 13.1. The van der Waals surface area contributed by atoms with Crippen LogP contribution in [0, 0.1) is 0 Å². The smallest absolute Gasteiger partial charge is 0.255 e. The number of nitrogens with one attached hydrogen (secondary N) is 1. The highest BCUT2D eigenvalue weighted by molar-refractivity contribution is 6.33. The average molecular weight is 359 g/mol. The molecule has 3 heterocycles. The molecule has 3 aromatic rings. The largest absolute Gasteiger partial charge is 0.339 e. The molecule has 136 valence electrons. The van der Waals surface area contributed by atoms with Gasteiger partial charge in [0.15, 0.2) is 0 Å². The molecule has 6 nitrogen and oxygen atoms in total. The monoisotopic (exact) mass is 359 g/mol. The fourth-order valence-corrected chi connectivity index (χ4v) is 3.60. The Morgan fingerprint density at radius 3 is 2.74 bits per heavy atom. The van der Waals surface area contributed by atoms with Crippen molar-refractivity contribution in [2.45, 2.75) is 6.04 Å². The van der Waals surface area contributed by atoms with Crippen LogP contribution in [0.25, 0.3) is 11.3 Å². The van der Waals surface area contributed by atoms with Gasteiger partial charge in [-0.05, 0) is 17.7 Å². The van der Waals surface area contributed by atoms with Crippen LogP contribution in [0.2, 0.25) is 0 Å². The van der Waals surface area contributed by atoms with Crippen LogP contribution in [-0.4, -0.2) is 42.0 Å². The normalized spacial score (nSPS) is 17.1. The zero-order valence-corrected chi connectivity index (χ0v) is 15.6. The predicted octanol–water partition coefficient (Wildman–Crippen LogP) is 0.252. The quantitative estimate of drug-likeness (QED) is 0.680. The maximum Gasteiger partial charge on any atom is 0.255 e. The van der Waals surface area contributed by atoms with Gasteiger partial charge in [0.2, 0.25) is 5.95 Å². The molecule has 1 aliphatic rings. The number of rotatable bonds is 3. The summed E-state index contributed by atoms with van der Waals surface area (Å²) >= 11 is 0. The van der Waals surface area contributed by atoms with Crippen LogP contribution in [0.15, 0.2) is 59.7 Å². The van der Waals surface area contributed by atoms with Crippen molar-refractivity contribution < 1.29 is 0 Å². The van der Waals surface area contributed by atoms with Crippen molar-refractivity contribution in [3.63, 3.8) is 0 Å². The zero-order chi connectivity index (χ0) is 18.8. The summed E-state index contributed by atoms with van der Waals surface area (Å²) < 4.78 is 1.63. The molecule has 1 saturated heterocycles. The molecule has 1 N–H and O–H groups in total. The van der Waals surface area contributed by atoms with E-state index in [0.29, 0.717) is 11.6 Å². The molecular weight excluding hydrogens is 337 g/mol. The number of anilines is 1. The van der Waals surface area contributed by atoms with Crippen LogP contribution < -0.4 is 21.2 Å². The molecule has 1 atom stereocenters. The van der Waals surface area contributed by atoms with Crippen LogP contribution in [0.1, 0.15) is 11.6 Å². The molecule has 1 aromatic carbocycles. The molecule has 1 fully saturated rings. The minimum atomic E-state index is -0.0576. The Morgan fingerprint density at radius 1 is 1.19 bits per heavy atom. The van der Waals surface area contributed by atoms with Crippen molar-refractivity contribution in [1.82, 2.24) is 19.9 Å². The van der Waals surface area contributed by atoms with Gasteiger partial charge < -0.3 is 10.2 Å².